The lowest BCUT2D eigenvalue weighted by Crippen LogP contribution is -2.38. The van der Waals surface area contributed by atoms with Crippen LogP contribution < -0.4 is 10.6 Å². The minimum absolute atomic E-state index is 0. The summed E-state index contributed by atoms with van der Waals surface area (Å²) in [5, 5.41) is 7.50. The summed E-state index contributed by atoms with van der Waals surface area (Å²) in [6, 6.07) is 5.72. The molecule has 0 saturated carbocycles. The number of hydrogen-bond donors (Lipinski definition) is 2. The van der Waals surface area contributed by atoms with Crippen molar-refractivity contribution in [2.75, 3.05) is 13.1 Å². The molecule has 2 aromatic rings. The molecule has 0 unspecified atom stereocenters. The highest BCUT2D eigenvalue weighted by molar-refractivity contribution is 6.35. The summed E-state index contributed by atoms with van der Waals surface area (Å²) in [6.07, 6.45) is 0. The van der Waals surface area contributed by atoms with Gasteiger partial charge in [0, 0.05) is 23.5 Å². The quantitative estimate of drug-likeness (QED) is 0.881. The van der Waals surface area contributed by atoms with Gasteiger partial charge in [0.05, 0.1) is 5.02 Å². The molecule has 1 heterocycles. The van der Waals surface area contributed by atoms with Gasteiger partial charge in [0.15, 0.2) is 11.3 Å². The van der Waals surface area contributed by atoms with Crippen molar-refractivity contribution in [3.8, 4) is 0 Å². The topological polar surface area (TPSA) is 54.3 Å². The van der Waals surface area contributed by atoms with E-state index < -0.39 is 0 Å². The Morgan fingerprint density at radius 3 is 2.76 bits per heavy atom. The number of fused-ring (bicyclic) bond motifs is 1. The number of halogens is 2. The molecule has 1 amide bonds. The fraction of sp³-hybridized carbons (Fsp3) is 0.400. The van der Waals surface area contributed by atoms with E-state index >= 15 is 0 Å². The zero-order valence-corrected chi connectivity index (χ0v) is 13.9. The van der Waals surface area contributed by atoms with Crippen molar-refractivity contribution < 1.29 is 9.21 Å². The molecule has 4 nitrogen and oxygen atoms in total. The molecule has 116 valence electrons. The summed E-state index contributed by atoms with van der Waals surface area (Å²) >= 11 is 6.08. The molecule has 2 rings (SSSR count). The Kier molecular flexibility index (Phi) is 6.52. The third-order valence-corrected chi connectivity index (χ3v) is 3.54. The number of aryl methyl sites for hydroxylation is 1. The van der Waals surface area contributed by atoms with E-state index in [4.69, 9.17) is 16.0 Å². The summed E-state index contributed by atoms with van der Waals surface area (Å²) in [5.41, 5.74) is 1.38. The van der Waals surface area contributed by atoms with Crippen LogP contribution in [0.15, 0.2) is 22.6 Å². The van der Waals surface area contributed by atoms with Gasteiger partial charge in [-0.2, -0.15) is 0 Å². The average molecular weight is 331 g/mol. The average Bonchev–Trinajstić information content (AvgIpc) is 2.76. The van der Waals surface area contributed by atoms with E-state index in [1.54, 1.807) is 6.07 Å². The molecule has 0 fully saturated rings. The molecular formula is C15H20Cl2N2O2. The number of furan rings is 1. The second-order valence-electron chi connectivity index (χ2n) is 4.84. The lowest BCUT2D eigenvalue weighted by Gasteiger charge is -2.12. The van der Waals surface area contributed by atoms with Crippen LogP contribution in [0.2, 0.25) is 5.02 Å². The first-order chi connectivity index (χ1) is 9.54. The summed E-state index contributed by atoms with van der Waals surface area (Å²) < 4.78 is 5.62. The summed E-state index contributed by atoms with van der Waals surface area (Å²) in [5.74, 6) is 0.122. The third-order valence-electron chi connectivity index (χ3n) is 3.24. The normalized spacial score (nSPS) is 12.0. The Morgan fingerprint density at radius 1 is 1.43 bits per heavy atom. The Labute approximate surface area is 135 Å². The number of para-hydroxylation sites is 1. The second-order valence-corrected chi connectivity index (χ2v) is 5.25. The van der Waals surface area contributed by atoms with E-state index in [1.807, 2.05) is 32.9 Å². The number of carbonyl (C=O) groups is 1. The van der Waals surface area contributed by atoms with Gasteiger partial charge >= 0.3 is 0 Å². The van der Waals surface area contributed by atoms with Gasteiger partial charge in [-0.05, 0) is 26.5 Å². The van der Waals surface area contributed by atoms with E-state index in [0.717, 1.165) is 17.5 Å². The van der Waals surface area contributed by atoms with Gasteiger partial charge in [0.2, 0.25) is 0 Å². The summed E-state index contributed by atoms with van der Waals surface area (Å²) in [6.45, 7) is 7.34. The first-order valence-corrected chi connectivity index (χ1v) is 7.11. The number of carbonyl (C=O) groups excluding carboxylic acids is 1. The highest BCUT2D eigenvalue weighted by Gasteiger charge is 2.19. The van der Waals surface area contributed by atoms with Gasteiger partial charge in [-0.3, -0.25) is 4.79 Å². The third kappa shape index (κ3) is 3.90. The van der Waals surface area contributed by atoms with E-state index in [0.29, 0.717) is 22.9 Å². The van der Waals surface area contributed by atoms with Gasteiger partial charge in [0.1, 0.15) is 0 Å². The maximum absolute atomic E-state index is 12.2. The van der Waals surface area contributed by atoms with Crippen molar-refractivity contribution in [3.63, 3.8) is 0 Å². The van der Waals surface area contributed by atoms with Crippen LogP contribution in [0.5, 0.6) is 0 Å². The number of amides is 1. The van der Waals surface area contributed by atoms with Crippen molar-refractivity contribution in [2.45, 2.75) is 26.8 Å². The highest BCUT2D eigenvalue weighted by Crippen LogP contribution is 2.30. The SMILES string of the molecule is CCN[C@H](C)CNC(=O)c1oc2c(Cl)cccc2c1C.Cl. The fourth-order valence-corrected chi connectivity index (χ4v) is 2.39. The van der Waals surface area contributed by atoms with E-state index in [2.05, 4.69) is 10.6 Å². The van der Waals surface area contributed by atoms with E-state index in [-0.39, 0.29) is 24.4 Å². The number of benzene rings is 1. The number of rotatable bonds is 5. The van der Waals surface area contributed by atoms with E-state index in [9.17, 15) is 4.79 Å². The molecule has 21 heavy (non-hydrogen) atoms. The van der Waals surface area contributed by atoms with Gasteiger partial charge in [-0.25, -0.2) is 0 Å². The van der Waals surface area contributed by atoms with Crippen LogP contribution >= 0.6 is 24.0 Å². The molecule has 0 bridgehead atoms. The molecule has 0 aliphatic rings. The molecule has 0 saturated heterocycles. The van der Waals surface area contributed by atoms with Gasteiger partial charge < -0.3 is 15.1 Å². The van der Waals surface area contributed by atoms with Crippen molar-refractivity contribution in [3.05, 3.63) is 34.5 Å². The van der Waals surface area contributed by atoms with Crippen LogP contribution in [0.3, 0.4) is 0 Å². The zero-order valence-electron chi connectivity index (χ0n) is 12.3. The van der Waals surface area contributed by atoms with Crippen LogP contribution in [-0.4, -0.2) is 25.0 Å². The minimum Gasteiger partial charge on any atom is -0.449 e. The molecule has 0 spiro atoms. The Balaban J connectivity index is 0.00000220. The Hall–Kier alpha value is -1.23. The predicted octanol–water partition coefficient (Wildman–Crippen LogP) is 3.54. The maximum atomic E-state index is 12.2. The molecule has 1 aromatic carbocycles. The van der Waals surface area contributed by atoms with E-state index in [1.165, 1.54) is 0 Å². The molecule has 0 aliphatic heterocycles. The zero-order chi connectivity index (χ0) is 14.7. The predicted molar refractivity (Wildman–Crippen MR) is 88.7 cm³/mol. The molecule has 0 radical (unpaired) electrons. The Bertz CT molecular complexity index is 625. The largest absolute Gasteiger partial charge is 0.449 e. The first kappa shape index (κ1) is 17.8. The van der Waals surface area contributed by atoms with Crippen molar-refractivity contribution in [1.82, 2.24) is 10.6 Å². The smallest absolute Gasteiger partial charge is 0.287 e. The van der Waals surface area contributed by atoms with Crippen molar-refractivity contribution >= 4 is 40.9 Å². The van der Waals surface area contributed by atoms with Crippen LogP contribution in [0, 0.1) is 6.92 Å². The molecule has 2 N–H and O–H groups in total. The second kappa shape index (κ2) is 7.69. The highest BCUT2D eigenvalue weighted by atomic mass is 35.5. The molecular weight excluding hydrogens is 311 g/mol. The fourth-order valence-electron chi connectivity index (χ4n) is 2.17. The lowest BCUT2D eigenvalue weighted by atomic mass is 10.1. The molecule has 0 aliphatic carbocycles. The molecule has 1 aromatic heterocycles. The van der Waals surface area contributed by atoms with Crippen LogP contribution in [0.4, 0.5) is 0 Å². The number of likely N-dealkylation sites (N-methyl/N-ethyl adjacent to an activating group) is 1. The monoisotopic (exact) mass is 330 g/mol. The first-order valence-electron chi connectivity index (χ1n) is 6.73. The number of hydrogen-bond acceptors (Lipinski definition) is 3. The van der Waals surface area contributed by atoms with Crippen molar-refractivity contribution in [1.29, 1.82) is 0 Å². The lowest BCUT2D eigenvalue weighted by molar-refractivity contribution is 0.0924. The minimum atomic E-state index is -0.209. The summed E-state index contributed by atoms with van der Waals surface area (Å²) in [7, 11) is 0. The molecule has 1 atom stereocenters. The van der Waals surface area contributed by atoms with Crippen LogP contribution in [-0.2, 0) is 0 Å². The standard InChI is InChI=1S/C15H19ClN2O2.ClH/c1-4-17-9(2)8-18-15(19)13-10(3)11-6-5-7-12(16)14(11)20-13;/h5-7,9,17H,4,8H2,1-3H3,(H,18,19);1H/t9-;/m1./s1. The van der Waals surface area contributed by atoms with Gasteiger partial charge in [-0.15, -0.1) is 12.4 Å². The van der Waals surface area contributed by atoms with Crippen molar-refractivity contribution in [2.24, 2.45) is 0 Å². The molecule has 6 heteroatoms. The van der Waals surface area contributed by atoms with Gasteiger partial charge in [-0.1, -0.05) is 30.7 Å². The maximum Gasteiger partial charge on any atom is 0.287 e. The van der Waals surface area contributed by atoms with Crippen LogP contribution in [0.1, 0.15) is 30.0 Å². The van der Waals surface area contributed by atoms with Crippen LogP contribution in [0.25, 0.3) is 11.0 Å². The Morgan fingerprint density at radius 2 is 2.14 bits per heavy atom. The van der Waals surface area contributed by atoms with Gasteiger partial charge in [0.25, 0.3) is 5.91 Å². The number of nitrogens with one attached hydrogen (secondary N) is 2. The summed E-state index contributed by atoms with van der Waals surface area (Å²) in [4.78, 5) is 12.2.